The molecule has 0 bridgehead atoms. The number of ether oxygens (including phenoxy) is 1. The largest absolute Gasteiger partial charge is 0.398 e. The van der Waals surface area contributed by atoms with Crippen LogP contribution in [0.1, 0.15) is 24.2 Å². The number of nitrogens with two attached hydrogens (primary N) is 1. The summed E-state index contributed by atoms with van der Waals surface area (Å²) < 4.78 is 5.40. The van der Waals surface area contributed by atoms with Crippen molar-refractivity contribution in [2.45, 2.75) is 19.9 Å². The van der Waals surface area contributed by atoms with Gasteiger partial charge in [0.05, 0.1) is 13.2 Å². The molecule has 1 saturated heterocycles. The molecule has 92 valence electrons. The lowest BCUT2D eigenvalue weighted by Crippen LogP contribution is -2.43. The number of morpholine rings is 1. The predicted molar refractivity (Wildman–Crippen MR) is 68.5 cm³/mol. The van der Waals surface area contributed by atoms with E-state index in [1.54, 1.807) is 6.07 Å². The lowest BCUT2D eigenvalue weighted by Gasteiger charge is -2.35. The second-order valence-electron chi connectivity index (χ2n) is 4.45. The Morgan fingerprint density at radius 1 is 1.53 bits per heavy atom. The molecular formula is C13H18N2O2. The first-order chi connectivity index (χ1) is 8.09. The summed E-state index contributed by atoms with van der Waals surface area (Å²) in [5.74, 6) is 0.00487. The third-order valence-corrected chi connectivity index (χ3v) is 3.12. The van der Waals surface area contributed by atoms with E-state index in [2.05, 4.69) is 11.8 Å². The molecule has 0 aromatic heterocycles. The van der Waals surface area contributed by atoms with Gasteiger partial charge in [-0.05, 0) is 32.0 Å². The highest BCUT2D eigenvalue weighted by Gasteiger charge is 2.20. The van der Waals surface area contributed by atoms with Crippen molar-refractivity contribution < 1.29 is 9.53 Å². The molecule has 1 atom stereocenters. The van der Waals surface area contributed by atoms with Gasteiger partial charge >= 0.3 is 0 Å². The van der Waals surface area contributed by atoms with Crippen LogP contribution < -0.4 is 10.6 Å². The lowest BCUT2D eigenvalue weighted by molar-refractivity contribution is 0.0989. The summed E-state index contributed by atoms with van der Waals surface area (Å²) in [6.07, 6.45) is 0. The maximum Gasteiger partial charge on any atom is 0.161 e. The highest BCUT2D eigenvalue weighted by Crippen LogP contribution is 2.24. The standard InChI is InChI=1S/C13H18N2O2/c1-9-8-17-6-5-15(9)11-3-4-13(14)12(7-11)10(2)16/h3-4,7,9H,5-6,8,14H2,1-2H3. The van der Waals surface area contributed by atoms with Gasteiger partial charge < -0.3 is 15.4 Å². The van der Waals surface area contributed by atoms with Crippen LogP contribution in [0.4, 0.5) is 11.4 Å². The predicted octanol–water partition coefficient (Wildman–Crippen LogP) is 1.70. The van der Waals surface area contributed by atoms with Gasteiger partial charge in [-0.1, -0.05) is 0 Å². The first-order valence-corrected chi connectivity index (χ1v) is 5.84. The Balaban J connectivity index is 2.32. The molecule has 0 aliphatic carbocycles. The molecule has 1 heterocycles. The van der Waals surface area contributed by atoms with Crippen molar-refractivity contribution in [1.82, 2.24) is 0 Å². The van der Waals surface area contributed by atoms with Crippen molar-refractivity contribution in [2.75, 3.05) is 30.4 Å². The molecule has 0 amide bonds. The molecule has 2 rings (SSSR count). The Morgan fingerprint density at radius 2 is 2.29 bits per heavy atom. The molecule has 2 N–H and O–H groups in total. The Kier molecular flexibility index (Phi) is 3.33. The molecule has 4 heteroatoms. The van der Waals surface area contributed by atoms with Crippen LogP contribution in [0.2, 0.25) is 0 Å². The van der Waals surface area contributed by atoms with E-state index >= 15 is 0 Å². The van der Waals surface area contributed by atoms with Crippen LogP contribution in [0.15, 0.2) is 18.2 Å². The van der Waals surface area contributed by atoms with Crippen LogP contribution in [-0.4, -0.2) is 31.6 Å². The number of anilines is 2. The quantitative estimate of drug-likeness (QED) is 0.625. The van der Waals surface area contributed by atoms with Crippen molar-refractivity contribution in [3.8, 4) is 0 Å². The van der Waals surface area contributed by atoms with Gasteiger partial charge in [0.1, 0.15) is 0 Å². The van der Waals surface area contributed by atoms with Gasteiger partial charge in [-0.2, -0.15) is 0 Å². The number of carbonyl (C=O) groups is 1. The number of hydrogen-bond acceptors (Lipinski definition) is 4. The Bertz CT molecular complexity index is 431. The lowest BCUT2D eigenvalue weighted by atomic mass is 10.1. The average Bonchev–Trinajstić information content (AvgIpc) is 2.30. The molecule has 1 fully saturated rings. The van der Waals surface area contributed by atoms with Gasteiger partial charge in [-0.3, -0.25) is 4.79 Å². The van der Waals surface area contributed by atoms with Gasteiger partial charge in [-0.15, -0.1) is 0 Å². The Morgan fingerprint density at radius 3 is 2.94 bits per heavy atom. The summed E-state index contributed by atoms with van der Waals surface area (Å²) >= 11 is 0. The van der Waals surface area contributed by atoms with Crippen molar-refractivity contribution in [3.05, 3.63) is 23.8 Å². The molecule has 1 aliphatic rings. The fraction of sp³-hybridized carbons (Fsp3) is 0.462. The van der Waals surface area contributed by atoms with Gasteiger partial charge in [0.25, 0.3) is 0 Å². The normalized spacial score (nSPS) is 20.4. The Hall–Kier alpha value is -1.55. The second kappa shape index (κ2) is 4.75. The number of ketones is 1. The van der Waals surface area contributed by atoms with Crippen LogP contribution in [0.5, 0.6) is 0 Å². The topological polar surface area (TPSA) is 55.6 Å². The first-order valence-electron chi connectivity index (χ1n) is 5.84. The minimum absolute atomic E-state index is 0.00487. The third-order valence-electron chi connectivity index (χ3n) is 3.12. The summed E-state index contributed by atoms with van der Waals surface area (Å²) in [6, 6.07) is 5.96. The summed E-state index contributed by atoms with van der Waals surface area (Å²) in [5.41, 5.74) is 7.97. The summed E-state index contributed by atoms with van der Waals surface area (Å²) in [6.45, 7) is 5.95. The number of hydrogen-bond donors (Lipinski definition) is 1. The molecule has 1 aromatic rings. The van der Waals surface area contributed by atoms with E-state index in [0.29, 0.717) is 17.3 Å². The number of nitrogens with zero attached hydrogens (tertiary/aromatic N) is 1. The number of Topliss-reactive ketones (excluding diaryl/α,β-unsaturated/α-hetero) is 1. The van der Waals surface area contributed by atoms with Gasteiger partial charge in [0.2, 0.25) is 0 Å². The van der Waals surface area contributed by atoms with Crippen LogP contribution in [0, 0.1) is 0 Å². The molecule has 0 spiro atoms. The third kappa shape index (κ3) is 2.42. The highest BCUT2D eigenvalue weighted by molar-refractivity contribution is 6.00. The van der Waals surface area contributed by atoms with Crippen molar-refractivity contribution in [2.24, 2.45) is 0 Å². The van der Waals surface area contributed by atoms with E-state index in [0.717, 1.165) is 25.4 Å². The van der Waals surface area contributed by atoms with Gasteiger partial charge in [-0.25, -0.2) is 0 Å². The molecule has 4 nitrogen and oxygen atoms in total. The zero-order valence-corrected chi connectivity index (χ0v) is 10.3. The van der Waals surface area contributed by atoms with Gasteiger partial charge in [0, 0.05) is 29.5 Å². The molecule has 0 saturated carbocycles. The van der Waals surface area contributed by atoms with Crippen LogP contribution in [-0.2, 0) is 4.74 Å². The molecule has 1 aliphatic heterocycles. The molecule has 17 heavy (non-hydrogen) atoms. The second-order valence-corrected chi connectivity index (χ2v) is 4.45. The molecule has 1 aromatic carbocycles. The highest BCUT2D eigenvalue weighted by atomic mass is 16.5. The summed E-state index contributed by atoms with van der Waals surface area (Å²) in [4.78, 5) is 13.7. The van der Waals surface area contributed by atoms with Crippen molar-refractivity contribution in [3.63, 3.8) is 0 Å². The number of rotatable bonds is 2. The van der Waals surface area contributed by atoms with E-state index in [4.69, 9.17) is 10.5 Å². The van der Waals surface area contributed by atoms with Crippen LogP contribution >= 0.6 is 0 Å². The van der Waals surface area contributed by atoms with Crippen molar-refractivity contribution >= 4 is 17.2 Å². The van der Waals surface area contributed by atoms with Crippen LogP contribution in [0.25, 0.3) is 0 Å². The summed E-state index contributed by atoms with van der Waals surface area (Å²) in [7, 11) is 0. The molecular weight excluding hydrogens is 216 g/mol. The van der Waals surface area contributed by atoms with Crippen molar-refractivity contribution in [1.29, 1.82) is 0 Å². The van der Waals surface area contributed by atoms with E-state index in [1.807, 2.05) is 12.1 Å². The molecule has 0 radical (unpaired) electrons. The maximum absolute atomic E-state index is 11.5. The number of carbonyl (C=O) groups excluding carboxylic acids is 1. The first kappa shape index (κ1) is 11.9. The van der Waals surface area contributed by atoms with Gasteiger partial charge in [0.15, 0.2) is 5.78 Å². The Labute approximate surface area is 101 Å². The molecule has 1 unspecified atom stereocenters. The van der Waals surface area contributed by atoms with E-state index < -0.39 is 0 Å². The maximum atomic E-state index is 11.5. The van der Waals surface area contributed by atoms with E-state index in [-0.39, 0.29) is 5.78 Å². The number of benzene rings is 1. The summed E-state index contributed by atoms with van der Waals surface area (Å²) in [5, 5.41) is 0. The minimum Gasteiger partial charge on any atom is -0.398 e. The van der Waals surface area contributed by atoms with Crippen LogP contribution in [0.3, 0.4) is 0 Å². The van der Waals surface area contributed by atoms with E-state index in [9.17, 15) is 4.79 Å². The number of nitrogen functional groups attached to an aromatic ring is 1. The zero-order valence-electron chi connectivity index (χ0n) is 10.3. The van der Waals surface area contributed by atoms with E-state index in [1.165, 1.54) is 6.92 Å². The average molecular weight is 234 g/mol. The monoisotopic (exact) mass is 234 g/mol. The smallest absolute Gasteiger partial charge is 0.161 e. The fourth-order valence-corrected chi connectivity index (χ4v) is 2.14. The minimum atomic E-state index is 0.00487. The zero-order chi connectivity index (χ0) is 12.4. The fourth-order valence-electron chi connectivity index (χ4n) is 2.14. The SMILES string of the molecule is CC(=O)c1cc(N2CCOCC2C)ccc1N.